The Morgan fingerprint density at radius 1 is 1.62 bits per heavy atom. The lowest BCUT2D eigenvalue weighted by molar-refractivity contribution is 0.152. The van der Waals surface area contributed by atoms with E-state index in [9.17, 15) is 0 Å². The molecular weight excluding hydrogens is 200 g/mol. The Hall–Kier alpha value is -1.42. The Balaban J connectivity index is 2.02. The van der Waals surface area contributed by atoms with Crippen LogP contribution in [0.25, 0.3) is 0 Å². The first-order valence-electron chi connectivity index (χ1n) is 5.66. The third-order valence-corrected chi connectivity index (χ3v) is 3.23. The van der Waals surface area contributed by atoms with Gasteiger partial charge in [0.2, 0.25) is 0 Å². The van der Waals surface area contributed by atoms with Crippen molar-refractivity contribution in [2.75, 3.05) is 7.05 Å². The van der Waals surface area contributed by atoms with Crippen LogP contribution in [0.3, 0.4) is 0 Å². The zero-order chi connectivity index (χ0) is 11.5. The average molecular weight is 218 g/mol. The maximum absolute atomic E-state index is 7.35. The van der Waals surface area contributed by atoms with Crippen molar-refractivity contribution < 1.29 is 0 Å². The molecule has 0 unspecified atom stereocenters. The third kappa shape index (κ3) is 2.39. The minimum atomic E-state index is 0.0353. The maximum atomic E-state index is 7.35. The van der Waals surface area contributed by atoms with Crippen LogP contribution in [0.5, 0.6) is 0 Å². The van der Waals surface area contributed by atoms with Gasteiger partial charge in [-0.1, -0.05) is 6.42 Å². The molecule has 0 amide bonds. The average Bonchev–Trinajstić information content (AvgIpc) is 2.15. The summed E-state index contributed by atoms with van der Waals surface area (Å²) < 4.78 is 0. The molecule has 0 saturated heterocycles. The number of nitrogens with zero attached hydrogens (tertiary/aromatic N) is 2. The number of nitrogen functional groups attached to an aromatic ring is 1. The van der Waals surface area contributed by atoms with E-state index in [0.29, 0.717) is 5.69 Å². The highest BCUT2D eigenvalue weighted by molar-refractivity contribution is 5.93. The van der Waals surface area contributed by atoms with Crippen LogP contribution in [0, 0.1) is 5.41 Å². The highest BCUT2D eigenvalue weighted by Gasteiger charge is 2.21. The van der Waals surface area contributed by atoms with Crippen LogP contribution < -0.4 is 5.73 Å². The molecule has 1 heterocycles. The van der Waals surface area contributed by atoms with Gasteiger partial charge < -0.3 is 5.73 Å². The third-order valence-electron chi connectivity index (χ3n) is 3.23. The van der Waals surface area contributed by atoms with E-state index in [4.69, 9.17) is 11.1 Å². The van der Waals surface area contributed by atoms with Crippen molar-refractivity contribution in [1.82, 2.24) is 9.88 Å². The van der Waals surface area contributed by atoms with Crippen LogP contribution in [0.4, 0.5) is 0 Å². The predicted octanol–water partition coefficient (Wildman–Crippen LogP) is 1.35. The normalized spacial score (nSPS) is 16.1. The summed E-state index contributed by atoms with van der Waals surface area (Å²) >= 11 is 0. The van der Waals surface area contributed by atoms with Gasteiger partial charge in [-0.25, -0.2) is 0 Å². The summed E-state index contributed by atoms with van der Waals surface area (Å²) in [5, 5.41) is 7.35. The molecule has 0 atom stereocenters. The van der Waals surface area contributed by atoms with Crippen molar-refractivity contribution >= 4 is 5.84 Å². The van der Waals surface area contributed by atoms with Gasteiger partial charge in [0.1, 0.15) is 11.5 Å². The predicted molar refractivity (Wildman–Crippen MR) is 64.4 cm³/mol. The van der Waals surface area contributed by atoms with Gasteiger partial charge in [0.05, 0.1) is 0 Å². The number of hydrogen-bond acceptors (Lipinski definition) is 3. The van der Waals surface area contributed by atoms with E-state index in [0.717, 1.165) is 12.6 Å². The van der Waals surface area contributed by atoms with Crippen molar-refractivity contribution in [3.05, 3.63) is 29.6 Å². The lowest BCUT2D eigenvalue weighted by atomic mass is 9.91. The number of nitrogens with one attached hydrogen (secondary N) is 1. The lowest BCUT2D eigenvalue weighted by Crippen LogP contribution is -2.36. The van der Waals surface area contributed by atoms with Crippen LogP contribution in [0.2, 0.25) is 0 Å². The molecule has 1 saturated carbocycles. The molecule has 2 rings (SSSR count). The summed E-state index contributed by atoms with van der Waals surface area (Å²) in [4.78, 5) is 6.42. The van der Waals surface area contributed by atoms with E-state index in [1.807, 2.05) is 12.1 Å². The molecule has 4 heteroatoms. The topological polar surface area (TPSA) is 66.0 Å². The zero-order valence-electron chi connectivity index (χ0n) is 9.61. The van der Waals surface area contributed by atoms with Gasteiger partial charge in [0.25, 0.3) is 0 Å². The van der Waals surface area contributed by atoms with Crippen LogP contribution in [-0.4, -0.2) is 28.8 Å². The second-order valence-corrected chi connectivity index (χ2v) is 4.46. The van der Waals surface area contributed by atoms with Gasteiger partial charge >= 0.3 is 0 Å². The summed E-state index contributed by atoms with van der Waals surface area (Å²) in [6.45, 7) is 0.910. The van der Waals surface area contributed by atoms with Crippen LogP contribution in [0.15, 0.2) is 18.3 Å². The van der Waals surface area contributed by atoms with Crippen molar-refractivity contribution in [1.29, 1.82) is 5.41 Å². The number of nitrogens with two attached hydrogens (primary N) is 1. The minimum absolute atomic E-state index is 0.0353. The number of amidine groups is 1. The number of aromatic nitrogens is 1. The Labute approximate surface area is 96.0 Å². The van der Waals surface area contributed by atoms with Crippen LogP contribution in [0.1, 0.15) is 30.5 Å². The summed E-state index contributed by atoms with van der Waals surface area (Å²) in [7, 11) is 2.15. The molecule has 0 aromatic carbocycles. The van der Waals surface area contributed by atoms with Gasteiger partial charge in [0.15, 0.2) is 0 Å². The molecule has 1 aliphatic rings. The molecule has 0 aliphatic heterocycles. The number of rotatable bonds is 4. The Bertz CT molecular complexity index is 384. The van der Waals surface area contributed by atoms with Crippen molar-refractivity contribution in [2.24, 2.45) is 5.73 Å². The second kappa shape index (κ2) is 4.61. The fourth-order valence-corrected chi connectivity index (χ4v) is 1.96. The molecule has 0 radical (unpaired) electrons. The van der Waals surface area contributed by atoms with Crippen LogP contribution >= 0.6 is 0 Å². The molecular formula is C12H18N4. The highest BCUT2D eigenvalue weighted by atomic mass is 15.1. The Morgan fingerprint density at radius 2 is 2.38 bits per heavy atom. The molecule has 4 nitrogen and oxygen atoms in total. The Kier molecular flexibility index (Phi) is 3.19. The fourth-order valence-electron chi connectivity index (χ4n) is 1.96. The van der Waals surface area contributed by atoms with Gasteiger partial charge in [-0.05, 0) is 37.6 Å². The van der Waals surface area contributed by atoms with E-state index < -0.39 is 0 Å². The molecule has 1 aromatic rings. The Morgan fingerprint density at radius 3 is 2.94 bits per heavy atom. The van der Waals surface area contributed by atoms with Crippen molar-refractivity contribution in [3.63, 3.8) is 0 Å². The molecule has 1 fully saturated rings. The zero-order valence-corrected chi connectivity index (χ0v) is 9.61. The first-order chi connectivity index (χ1) is 7.66. The van der Waals surface area contributed by atoms with Gasteiger partial charge in [-0.2, -0.15) is 0 Å². The smallest absolute Gasteiger partial charge is 0.141 e. The molecule has 86 valence electrons. The quantitative estimate of drug-likeness (QED) is 0.592. The summed E-state index contributed by atoms with van der Waals surface area (Å²) in [5.74, 6) is 0.0353. The fraction of sp³-hybridized carbons (Fsp3) is 0.500. The summed E-state index contributed by atoms with van der Waals surface area (Å²) in [6.07, 6.45) is 5.69. The molecule has 16 heavy (non-hydrogen) atoms. The lowest BCUT2D eigenvalue weighted by Gasteiger charge is -2.34. The molecule has 3 N–H and O–H groups in total. The van der Waals surface area contributed by atoms with Gasteiger partial charge in [-0.3, -0.25) is 15.3 Å². The first kappa shape index (κ1) is 11.1. The second-order valence-electron chi connectivity index (χ2n) is 4.46. The van der Waals surface area contributed by atoms with E-state index in [1.54, 1.807) is 6.20 Å². The molecule has 1 aromatic heterocycles. The monoisotopic (exact) mass is 218 g/mol. The first-order valence-corrected chi connectivity index (χ1v) is 5.66. The largest absolute Gasteiger partial charge is 0.382 e. The summed E-state index contributed by atoms with van der Waals surface area (Å²) in [5.41, 5.74) is 7.16. The minimum Gasteiger partial charge on any atom is -0.382 e. The van der Waals surface area contributed by atoms with Crippen LogP contribution in [-0.2, 0) is 6.54 Å². The van der Waals surface area contributed by atoms with E-state index in [-0.39, 0.29) is 5.84 Å². The van der Waals surface area contributed by atoms with E-state index in [1.165, 1.54) is 24.8 Å². The molecule has 0 bridgehead atoms. The van der Waals surface area contributed by atoms with Gasteiger partial charge in [-0.15, -0.1) is 0 Å². The molecule has 0 spiro atoms. The number of hydrogen-bond donors (Lipinski definition) is 2. The SMILES string of the molecule is CN(Cc1ccnc(C(=N)N)c1)C1CCC1. The molecule has 1 aliphatic carbocycles. The summed E-state index contributed by atoms with van der Waals surface area (Å²) in [6, 6.07) is 4.62. The van der Waals surface area contributed by atoms with E-state index >= 15 is 0 Å². The number of pyridine rings is 1. The van der Waals surface area contributed by atoms with Crippen molar-refractivity contribution in [2.45, 2.75) is 31.8 Å². The highest BCUT2D eigenvalue weighted by Crippen LogP contribution is 2.24. The maximum Gasteiger partial charge on any atom is 0.141 e. The standard InChI is InChI=1S/C12H18N4/c1-16(10-3-2-4-10)8-9-5-6-15-11(7-9)12(13)14/h5-7,10H,2-4,8H2,1H3,(H3,13,14). The van der Waals surface area contributed by atoms with Gasteiger partial charge in [0, 0.05) is 18.8 Å². The van der Waals surface area contributed by atoms with E-state index in [2.05, 4.69) is 16.9 Å². The van der Waals surface area contributed by atoms with Crippen molar-refractivity contribution in [3.8, 4) is 0 Å².